The number of hydrogen-bond donors (Lipinski definition) is 3. The number of nitrogens with one attached hydrogen (secondary N) is 3. The average molecular weight is 337 g/mol. The van der Waals surface area contributed by atoms with Crippen LogP contribution in [0.5, 0.6) is 0 Å². The second-order valence-electron chi connectivity index (χ2n) is 6.02. The summed E-state index contributed by atoms with van der Waals surface area (Å²) in [7, 11) is 1.75. The Balaban J connectivity index is 1.62. The fourth-order valence-corrected chi connectivity index (χ4v) is 3.64. The normalized spacial score (nSPS) is 16.2. The Bertz CT molecular complexity index is 520. The van der Waals surface area contributed by atoms with E-state index in [9.17, 15) is 4.79 Å². The van der Waals surface area contributed by atoms with Crippen molar-refractivity contribution in [2.45, 2.75) is 58.0 Å². The van der Waals surface area contributed by atoms with Crippen molar-refractivity contribution in [2.24, 2.45) is 4.99 Å². The van der Waals surface area contributed by atoms with Crippen molar-refractivity contribution >= 4 is 23.2 Å². The van der Waals surface area contributed by atoms with Gasteiger partial charge in [0.2, 0.25) is 5.91 Å². The fraction of sp³-hybridized carbons (Fsp3) is 0.647. The zero-order valence-corrected chi connectivity index (χ0v) is 15.0. The number of nitrogens with zero attached hydrogens (tertiary/aromatic N) is 1. The highest BCUT2D eigenvalue weighted by molar-refractivity contribution is 7.11. The first-order valence-electron chi connectivity index (χ1n) is 8.46. The van der Waals surface area contributed by atoms with Crippen LogP contribution < -0.4 is 16.0 Å². The lowest BCUT2D eigenvalue weighted by Gasteiger charge is -2.22. The van der Waals surface area contributed by atoms with E-state index in [4.69, 9.17) is 0 Å². The maximum absolute atomic E-state index is 12.0. The highest BCUT2D eigenvalue weighted by atomic mass is 32.1. The number of aliphatic imine (C=N–C) groups is 1. The van der Waals surface area contributed by atoms with Crippen molar-refractivity contribution in [3.8, 4) is 0 Å². The third-order valence-electron chi connectivity index (χ3n) is 4.06. The summed E-state index contributed by atoms with van der Waals surface area (Å²) in [6.07, 6.45) is 6.52. The molecule has 0 radical (unpaired) electrons. The highest BCUT2D eigenvalue weighted by Crippen LogP contribution is 2.17. The number of aryl methyl sites for hydroxylation is 1. The molecule has 1 aromatic heterocycles. The molecule has 0 atom stereocenters. The van der Waals surface area contributed by atoms with Crippen LogP contribution in [0.15, 0.2) is 17.1 Å². The molecule has 1 fully saturated rings. The lowest BCUT2D eigenvalue weighted by molar-refractivity contribution is -0.121. The van der Waals surface area contributed by atoms with Crippen LogP contribution in [0.25, 0.3) is 0 Å². The molecule has 2 rings (SSSR count). The van der Waals surface area contributed by atoms with Gasteiger partial charge in [0, 0.05) is 35.8 Å². The summed E-state index contributed by atoms with van der Waals surface area (Å²) in [6.45, 7) is 3.46. The summed E-state index contributed by atoms with van der Waals surface area (Å²) < 4.78 is 0. The Kier molecular flexibility index (Phi) is 7.39. The zero-order valence-electron chi connectivity index (χ0n) is 14.2. The summed E-state index contributed by atoms with van der Waals surface area (Å²) in [5.74, 6) is 0.871. The second-order valence-corrected chi connectivity index (χ2v) is 7.39. The van der Waals surface area contributed by atoms with Crippen LogP contribution in [0.3, 0.4) is 0 Å². The van der Waals surface area contributed by atoms with E-state index < -0.39 is 0 Å². The minimum Gasteiger partial charge on any atom is -0.356 e. The zero-order chi connectivity index (χ0) is 16.5. The van der Waals surface area contributed by atoms with E-state index in [2.05, 4.69) is 40.0 Å². The summed E-state index contributed by atoms with van der Waals surface area (Å²) in [6, 6.07) is 4.63. The van der Waals surface area contributed by atoms with Gasteiger partial charge in [0.1, 0.15) is 0 Å². The van der Waals surface area contributed by atoms with Crippen LogP contribution in [0.1, 0.15) is 48.3 Å². The van der Waals surface area contributed by atoms with Gasteiger partial charge < -0.3 is 16.0 Å². The summed E-state index contributed by atoms with van der Waals surface area (Å²) in [5.41, 5.74) is 0. The third-order valence-corrected chi connectivity index (χ3v) is 5.07. The molecule has 1 aliphatic rings. The number of carbonyl (C=O) groups excluding carboxylic acids is 1. The van der Waals surface area contributed by atoms with Gasteiger partial charge in [-0.3, -0.25) is 9.79 Å². The molecular formula is C17H28N4OS. The smallest absolute Gasteiger partial charge is 0.221 e. The minimum absolute atomic E-state index is 0.133. The molecule has 5 nitrogen and oxygen atoms in total. The van der Waals surface area contributed by atoms with Crippen LogP contribution in [0.4, 0.5) is 0 Å². The number of guanidine groups is 1. The number of hydrogen-bond acceptors (Lipinski definition) is 3. The maximum Gasteiger partial charge on any atom is 0.221 e. The van der Waals surface area contributed by atoms with Crippen LogP contribution >= 0.6 is 11.3 Å². The quantitative estimate of drug-likeness (QED) is 0.552. The standard InChI is InChI=1S/C17H28N4OS/c1-13-8-9-15(23-13)12-20-17(18-2)19-11-10-16(22)21-14-6-4-3-5-7-14/h8-9,14H,3-7,10-12H2,1-2H3,(H,21,22)(H2,18,19,20). The number of carbonyl (C=O) groups is 1. The third kappa shape index (κ3) is 6.60. The summed E-state index contributed by atoms with van der Waals surface area (Å²) in [5, 5.41) is 9.60. The van der Waals surface area contributed by atoms with E-state index in [-0.39, 0.29) is 5.91 Å². The first kappa shape index (κ1) is 17.8. The SMILES string of the molecule is CN=C(NCCC(=O)NC1CCCCC1)NCc1ccc(C)s1. The van der Waals surface area contributed by atoms with Crippen molar-refractivity contribution in [1.29, 1.82) is 0 Å². The lowest BCUT2D eigenvalue weighted by atomic mass is 9.95. The molecule has 128 valence electrons. The minimum atomic E-state index is 0.133. The molecular weight excluding hydrogens is 308 g/mol. The Morgan fingerprint density at radius 1 is 1.26 bits per heavy atom. The second kappa shape index (κ2) is 9.55. The van der Waals surface area contributed by atoms with Gasteiger partial charge in [-0.15, -0.1) is 11.3 Å². The predicted octanol–water partition coefficient (Wildman–Crippen LogP) is 2.56. The lowest BCUT2D eigenvalue weighted by Crippen LogP contribution is -2.41. The molecule has 1 saturated carbocycles. The van der Waals surface area contributed by atoms with Gasteiger partial charge in [-0.25, -0.2) is 0 Å². The molecule has 1 amide bonds. The molecule has 1 aliphatic carbocycles. The highest BCUT2D eigenvalue weighted by Gasteiger charge is 2.15. The van der Waals surface area contributed by atoms with Crippen molar-refractivity contribution in [3.63, 3.8) is 0 Å². The Hall–Kier alpha value is -1.56. The first-order valence-corrected chi connectivity index (χ1v) is 9.28. The van der Waals surface area contributed by atoms with Crippen molar-refractivity contribution in [3.05, 3.63) is 21.9 Å². The average Bonchev–Trinajstić information content (AvgIpc) is 2.97. The molecule has 0 aliphatic heterocycles. The largest absolute Gasteiger partial charge is 0.356 e. The Morgan fingerprint density at radius 3 is 2.70 bits per heavy atom. The van der Waals surface area contributed by atoms with E-state index in [1.165, 1.54) is 29.0 Å². The number of thiophene rings is 1. The molecule has 0 saturated heterocycles. The predicted molar refractivity (Wildman–Crippen MR) is 96.9 cm³/mol. The molecule has 0 unspecified atom stereocenters. The van der Waals surface area contributed by atoms with Crippen LogP contribution in [0.2, 0.25) is 0 Å². The van der Waals surface area contributed by atoms with Gasteiger partial charge in [0.25, 0.3) is 0 Å². The Labute approximate surface area is 143 Å². The molecule has 0 bridgehead atoms. The number of rotatable bonds is 6. The van der Waals surface area contributed by atoms with Crippen molar-refractivity contribution in [2.75, 3.05) is 13.6 Å². The molecule has 6 heteroatoms. The summed E-state index contributed by atoms with van der Waals surface area (Å²) in [4.78, 5) is 18.7. The van der Waals surface area contributed by atoms with Crippen LogP contribution in [0, 0.1) is 6.92 Å². The van der Waals surface area contributed by atoms with E-state index in [0.29, 0.717) is 19.0 Å². The molecule has 23 heavy (non-hydrogen) atoms. The number of amides is 1. The first-order chi connectivity index (χ1) is 11.2. The Morgan fingerprint density at radius 2 is 2.04 bits per heavy atom. The van der Waals surface area contributed by atoms with Gasteiger partial charge in [-0.1, -0.05) is 19.3 Å². The van der Waals surface area contributed by atoms with Crippen LogP contribution in [-0.2, 0) is 11.3 Å². The molecule has 0 spiro atoms. The fourth-order valence-electron chi connectivity index (χ4n) is 2.81. The van der Waals surface area contributed by atoms with Gasteiger partial charge in [0.15, 0.2) is 5.96 Å². The molecule has 0 aromatic carbocycles. The van der Waals surface area contributed by atoms with Crippen molar-refractivity contribution in [1.82, 2.24) is 16.0 Å². The van der Waals surface area contributed by atoms with Gasteiger partial charge in [0.05, 0.1) is 6.54 Å². The van der Waals surface area contributed by atoms with E-state index >= 15 is 0 Å². The van der Waals surface area contributed by atoms with E-state index in [1.807, 2.05) is 0 Å². The molecule has 1 aromatic rings. The monoisotopic (exact) mass is 336 g/mol. The van der Waals surface area contributed by atoms with Crippen molar-refractivity contribution < 1.29 is 4.79 Å². The van der Waals surface area contributed by atoms with E-state index in [0.717, 1.165) is 25.3 Å². The topological polar surface area (TPSA) is 65.5 Å². The maximum atomic E-state index is 12.0. The van der Waals surface area contributed by atoms with Gasteiger partial charge in [-0.2, -0.15) is 0 Å². The van der Waals surface area contributed by atoms with Gasteiger partial charge in [-0.05, 0) is 31.9 Å². The van der Waals surface area contributed by atoms with Crippen LogP contribution in [-0.4, -0.2) is 31.5 Å². The van der Waals surface area contributed by atoms with Gasteiger partial charge >= 0.3 is 0 Å². The molecule has 1 heterocycles. The van der Waals surface area contributed by atoms with E-state index in [1.54, 1.807) is 18.4 Å². The molecule has 3 N–H and O–H groups in total. The summed E-state index contributed by atoms with van der Waals surface area (Å²) >= 11 is 1.78.